The van der Waals surface area contributed by atoms with E-state index in [1.807, 2.05) is 25.1 Å². The summed E-state index contributed by atoms with van der Waals surface area (Å²) >= 11 is 6.27. The molecular weight excluding hydrogens is 272 g/mol. The van der Waals surface area contributed by atoms with Gasteiger partial charge in [-0.3, -0.25) is 9.97 Å². The number of halogens is 1. The normalized spacial score (nSPS) is 11.4. The zero-order valence-electron chi connectivity index (χ0n) is 12.3. The van der Waals surface area contributed by atoms with E-state index in [2.05, 4.69) is 30.7 Å². The van der Waals surface area contributed by atoms with Gasteiger partial charge in [0.25, 0.3) is 0 Å². The van der Waals surface area contributed by atoms with Crippen molar-refractivity contribution in [2.45, 2.75) is 39.7 Å². The van der Waals surface area contributed by atoms with E-state index in [9.17, 15) is 0 Å². The maximum atomic E-state index is 6.27. The lowest BCUT2D eigenvalue weighted by Crippen LogP contribution is -2.11. The number of aromatic nitrogens is 2. The molecule has 0 amide bonds. The Labute approximate surface area is 125 Å². The minimum Gasteiger partial charge on any atom is -0.486 e. The Kier molecular flexibility index (Phi) is 4.29. The van der Waals surface area contributed by atoms with Crippen LogP contribution in [-0.2, 0) is 12.0 Å². The first-order valence-electron chi connectivity index (χ1n) is 6.56. The van der Waals surface area contributed by atoms with Crippen LogP contribution in [0.3, 0.4) is 0 Å². The minimum absolute atomic E-state index is 0.0736. The quantitative estimate of drug-likeness (QED) is 0.844. The van der Waals surface area contributed by atoms with Gasteiger partial charge in [-0.2, -0.15) is 0 Å². The number of ether oxygens (including phenoxy) is 1. The van der Waals surface area contributed by atoms with E-state index >= 15 is 0 Å². The van der Waals surface area contributed by atoms with Gasteiger partial charge in [-0.1, -0.05) is 38.4 Å². The van der Waals surface area contributed by atoms with Crippen LogP contribution in [0.25, 0.3) is 0 Å². The molecule has 0 bridgehead atoms. The van der Waals surface area contributed by atoms with Crippen molar-refractivity contribution >= 4 is 11.6 Å². The van der Waals surface area contributed by atoms with E-state index in [1.54, 1.807) is 12.4 Å². The van der Waals surface area contributed by atoms with E-state index < -0.39 is 0 Å². The first kappa shape index (κ1) is 14.8. The summed E-state index contributed by atoms with van der Waals surface area (Å²) < 4.78 is 5.71. The molecule has 106 valence electrons. The fraction of sp³-hybridized carbons (Fsp3) is 0.375. The Morgan fingerprint density at radius 3 is 2.55 bits per heavy atom. The second-order valence-electron chi connectivity index (χ2n) is 5.84. The van der Waals surface area contributed by atoms with Crippen molar-refractivity contribution in [3.63, 3.8) is 0 Å². The molecule has 3 nitrogen and oxygen atoms in total. The highest BCUT2D eigenvalue weighted by Gasteiger charge is 2.15. The van der Waals surface area contributed by atoms with Crippen LogP contribution in [-0.4, -0.2) is 9.97 Å². The predicted molar refractivity (Wildman–Crippen MR) is 81.3 cm³/mol. The largest absolute Gasteiger partial charge is 0.486 e. The Balaban J connectivity index is 2.11. The molecule has 0 aliphatic heterocycles. The van der Waals surface area contributed by atoms with E-state index in [0.29, 0.717) is 17.4 Å². The second kappa shape index (κ2) is 5.80. The number of rotatable bonds is 3. The third kappa shape index (κ3) is 3.70. The SMILES string of the molecule is Cc1cncc(COc2ccc(C(C)(C)C)cc2Cl)n1. The molecule has 20 heavy (non-hydrogen) atoms. The molecule has 1 aromatic carbocycles. The first-order chi connectivity index (χ1) is 9.36. The van der Waals surface area contributed by atoms with Crippen LogP contribution < -0.4 is 4.74 Å². The molecule has 0 saturated heterocycles. The zero-order valence-corrected chi connectivity index (χ0v) is 13.0. The van der Waals surface area contributed by atoms with Crippen LogP contribution >= 0.6 is 11.6 Å². The topological polar surface area (TPSA) is 35.0 Å². The van der Waals surface area contributed by atoms with Crippen molar-refractivity contribution in [3.8, 4) is 5.75 Å². The molecule has 0 N–H and O–H groups in total. The highest BCUT2D eigenvalue weighted by molar-refractivity contribution is 6.32. The van der Waals surface area contributed by atoms with Crippen LogP contribution in [0.1, 0.15) is 37.7 Å². The summed E-state index contributed by atoms with van der Waals surface area (Å²) in [5.74, 6) is 0.669. The van der Waals surface area contributed by atoms with Crippen molar-refractivity contribution in [1.29, 1.82) is 0 Å². The molecule has 2 rings (SSSR count). The Bertz CT molecular complexity index is 606. The Hall–Kier alpha value is -1.61. The van der Waals surface area contributed by atoms with Crippen LogP contribution in [0.15, 0.2) is 30.6 Å². The summed E-state index contributed by atoms with van der Waals surface area (Å²) in [5, 5.41) is 0.623. The van der Waals surface area contributed by atoms with Crippen molar-refractivity contribution in [2.75, 3.05) is 0 Å². The summed E-state index contributed by atoms with van der Waals surface area (Å²) in [5.41, 5.74) is 2.93. The lowest BCUT2D eigenvalue weighted by atomic mass is 9.87. The smallest absolute Gasteiger partial charge is 0.138 e. The molecule has 0 radical (unpaired) electrons. The van der Waals surface area contributed by atoms with Gasteiger partial charge in [-0.25, -0.2) is 0 Å². The van der Waals surface area contributed by atoms with Gasteiger partial charge in [-0.15, -0.1) is 0 Å². The van der Waals surface area contributed by atoms with E-state index in [0.717, 1.165) is 11.4 Å². The standard InChI is InChI=1S/C16H19ClN2O/c1-11-8-18-9-13(19-11)10-20-15-6-5-12(7-14(15)17)16(2,3)4/h5-9H,10H2,1-4H3. The van der Waals surface area contributed by atoms with Crippen LogP contribution in [0.5, 0.6) is 5.75 Å². The van der Waals surface area contributed by atoms with Crippen molar-refractivity contribution in [3.05, 3.63) is 52.6 Å². The van der Waals surface area contributed by atoms with Crippen molar-refractivity contribution in [2.24, 2.45) is 0 Å². The van der Waals surface area contributed by atoms with Crippen molar-refractivity contribution < 1.29 is 4.74 Å². The Morgan fingerprint density at radius 2 is 1.95 bits per heavy atom. The molecule has 0 aliphatic rings. The highest BCUT2D eigenvalue weighted by Crippen LogP contribution is 2.31. The van der Waals surface area contributed by atoms with Crippen molar-refractivity contribution in [1.82, 2.24) is 9.97 Å². The average molecular weight is 291 g/mol. The van der Waals surface area contributed by atoms with E-state index in [1.165, 1.54) is 5.56 Å². The van der Waals surface area contributed by atoms with Gasteiger partial charge < -0.3 is 4.74 Å². The van der Waals surface area contributed by atoms with Crippen LogP contribution in [0.4, 0.5) is 0 Å². The molecule has 0 unspecified atom stereocenters. The molecule has 1 aromatic heterocycles. The number of hydrogen-bond donors (Lipinski definition) is 0. The first-order valence-corrected chi connectivity index (χ1v) is 6.94. The molecule has 0 atom stereocenters. The van der Waals surface area contributed by atoms with Gasteiger partial charge in [-0.05, 0) is 30.0 Å². The molecule has 0 fully saturated rings. The molecule has 0 aliphatic carbocycles. The maximum Gasteiger partial charge on any atom is 0.138 e. The summed E-state index contributed by atoms with van der Waals surface area (Å²) in [7, 11) is 0. The molecule has 0 spiro atoms. The zero-order chi connectivity index (χ0) is 14.8. The summed E-state index contributed by atoms with van der Waals surface area (Å²) in [6, 6.07) is 5.91. The molecular formula is C16H19ClN2O. The second-order valence-corrected chi connectivity index (χ2v) is 6.24. The molecule has 4 heteroatoms. The Morgan fingerprint density at radius 1 is 1.20 bits per heavy atom. The van der Waals surface area contributed by atoms with Gasteiger partial charge in [0.05, 0.1) is 22.6 Å². The number of benzene rings is 1. The summed E-state index contributed by atoms with van der Waals surface area (Å²) in [4.78, 5) is 8.43. The van der Waals surface area contributed by atoms with Gasteiger partial charge in [0, 0.05) is 6.20 Å². The van der Waals surface area contributed by atoms with Crippen LogP contribution in [0, 0.1) is 6.92 Å². The van der Waals surface area contributed by atoms with E-state index in [4.69, 9.17) is 16.3 Å². The fourth-order valence-electron chi connectivity index (χ4n) is 1.82. The molecule has 1 heterocycles. The van der Waals surface area contributed by atoms with Gasteiger partial charge >= 0.3 is 0 Å². The average Bonchev–Trinajstić information content (AvgIpc) is 2.36. The predicted octanol–water partition coefficient (Wildman–Crippen LogP) is 4.31. The number of aryl methyl sites for hydroxylation is 1. The maximum absolute atomic E-state index is 6.27. The minimum atomic E-state index is 0.0736. The highest BCUT2D eigenvalue weighted by atomic mass is 35.5. The summed E-state index contributed by atoms with van der Waals surface area (Å²) in [6.45, 7) is 8.73. The van der Waals surface area contributed by atoms with E-state index in [-0.39, 0.29) is 5.41 Å². The molecule has 0 saturated carbocycles. The fourth-order valence-corrected chi connectivity index (χ4v) is 2.06. The number of nitrogens with zero attached hydrogens (tertiary/aromatic N) is 2. The van der Waals surface area contributed by atoms with Gasteiger partial charge in [0.1, 0.15) is 12.4 Å². The molecule has 2 aromatic rings. The number of hydrogen-bond acceptors (Lipinski definition) is 3. The monoisotopic (exact) mass is 290 g/mol. The van der Waals surface area contributed by atoms with Gasteiger partial charge in [0.2, 0.25) is 0 Å². The lowest BCUT2D eigenvalue weighted by Gasteiger charge is -2.20. The third-order valence-corrected chi connectivity index (χ3v) is 3.27. The summed E-state index contributed by atoms with van der Waals surface area (Å²) in [6.07, 6.45) is 3.42. The van der Waals surface area contributed by atoms with Gasteiger partial charge in [0.15, 0.2) is 0 Å². The third-order valence-electron chi connectivity index (χ3n) is 2.98. The van der Waals surface area contributed by atoms with Crippen LogP contribution in [0.2, 0.25) is 5.02 Å². The lowest BCUT2D eigenvalue weighted by molar-refractivity contribution is 0.300.